The molecule has 0 aliphatic rings. The highest BCUT2D eigenvalue weighted by atomic mass is 79.9. The van der Waals surface area contributed by atoms with Crippen LogP contribution in [0, 0.1) is 0 Å². The number of carbonyl (C=O) groups is 1. The van der Waals surface area contributed by atoms with Crippen LogP contribution in [0.1, 0.15) is 35.2 Å². The Labute approximate surface area is 118 Å². The van der Waals surface area contributed by atoms with E-state index in [1.165, 1.54) is 12.1 Å². The molecule has 1 atom stereocenters. The molecule has 0 spiro atoms. The van der Waals surface area contributed by atoms with Crippen LogP contribution in [0.3, 0.4) is 0 Å². The first-order valence-corrected chi connectivity index (χ1v) is 6.58. The van der Waals surface area contributed by atoms with Gasteiger partial charge in [0.1, 0.15) is 11.4 Å². The van der Waals surface area contributed by atoms with Crippen molar-refractivity contribution in [3.63, 3.8) is 0 Å². The summed E-state index contributed by atoms with van der Waals surface area (Å²) in [4.78, 5) is 10.8. The Morgan fingerprint density at radius 3 is 2.63 bits per heavy atom. The van der Waals surface area contributed by atoms with Gasteiger partial charge in [0.25, 0.3) is 0 Å². The summed E-state index contributed by atoms with van der Waals surface area (Å²) in [5.74, 6) is -1.11. The lowest BCUT2D eigenvalue weighted by atomic mass is 9.89. The predicted molar refractivity (Wildman–Crippen MR) is 73.1 cm³/mol. The number of benzene rings is 1. The van der Waals surface area contributed by atoms with E-state index in [1.54, 1.807) is 18.2 Å². The van der Waals surface area contributed by atoms with Crippen molar-refractivity contribution in [1.82, 2.24) is 0 Å². The lowest BCUT2D eigenvalue weighted by Gasteiger charge is -2.25. The number of hydrogen-bond donors (Lipinski definition) is 2. The Morgan fingerprint density at radius 2 is 2.11 bits per heavy atom. The lowest BCUT2D eigenvalue weighted by molar-refractivity contribution is 0.0474. The average Bonchev–Trinajstić information content (AvgIpc) is 2.88. The van der Waals surface area contributed by atoms with Crippen LogP contribution < -0.4 is 0 Å². The third kappa shape index (κ3) is 2.57. The van der Waals surface area contributed by atoms with Crippen molar-refractivity contribution >= 4 is 21.9 Å². The molecule has 1 heterocycles. The van der Waals surface area contributed by atoms with E-state index >= 15 is 0 Å². The number of carboxylic acid groups (broad SMARTS) is 1. The summed E-state index contributed by atoms with van der Waals surface area (Å²) in [6.45, 7) is 1.81. The fraction of sp³-hybridized carbons (Fsp3) is 0.214. The van der Waals surface area contributed by atoms with Crippen molar-refractivity contribution in [2.24, 2.45) is 0 Å². The fourth-order valence-electron chi connectivity index (χ4n) is 1.94. The molecule has 5 heteroatoms. The highest BCUT2D eigenvalue weighted by Gasteiger charge is 2.33. The molecule has 100 valence electrons. The molecule has 2 rings (SSSR count). The highest BCUT2D eigenvalue weighted by Crippen LogP contribution is 2.35. The molecular weight excluding hydrogens is 312 g/mol. The molecule has 0 aliphatic heterocycles. The molecule has 2 N–H and O–H groups in total. The Kier molecular flexibility index (Phi) is 3.78. The van der Waals surface area contributed by atoms with Gasteiger partial charge >= 0.3 is 5.97 Å². The monoisotopic (exact) mass is 324 g/mol. The van der Waals surface area contributed by atoms with Crippen LogP contribution in [-0.4, -0.2) is 16.2 Å². The van der Waals surface area contributed by atoms with Gasteiger partial charge in [0.2, 0.25) is 5.76 Å². The van der Waals surface area contributed by atoms with Crippen molar-refractivity contribution in [3.8, 4) is 0 Å². The van der Waals surface area contributed by atoms with Gasteiger partial charge in [-0.15, -0.1) is 0 Å². The second-order valence-electron chi connectivity index (χ2n) is 4.19. The molecular formula is C14H13BrO4. The van der Waals surface area contributed by atoms with Crippen LogP contribution in [0.2, 0.25) is 0 Å². The molecule has 4 nitrogen and oxygen atoms in total. The van der Waals surface area contributed by atoms with E-state index in [0.717, 1.165) is 4.47 Å². The predicted octanol–water partition coefficient (Wildman–Crippen LogP) is 3.39. The maximum atomic E-state index is 10.8. The molecule has 0 saturated heterocycles. The molecule has 0 bridgehead atoms. The molecule has 0 aliphatic carbocycles. The van der Waals surface area contributed by atoms with E-state index in [9.17, 15) is 9.90 Å². The van der Waals surface area contributed by atoms with Crippen molar-refractivity contribution in [3.05, 3.63) is 58.0 Å². The van der Waals surface area contributed by atoms with Crippen LogP contribution in [0.15, 0.2) is 45.3 Å². The second-order valence-corrected chi connectivity index (χ2v) is 5.11. The van der Waals surface area contributed by atoms with E-state index in [0.29, 0.717) is 12.0 Å². The standard InChI is InChI=1S/C14H13BrO4/c1-2-14(18,9-4-3-5-10(15)8-9)12-7-6-11(19-12)13(16)17/h3-8,18H,2H2,1H3,(H,16,17). The molecule has 0 amide bonds. The quantitative estimate of drug-likeness (QED) is 0.904. The number of aliphatic hydroxyl groups is 1. The minimum atomic E-state index is -1.34. The summed E-state index contributed by atoms with van der Waals surface area (Å²) in [7, 11) is 0. The van der Waals surface area contributed by atoms with Crippen molar-refractivity contribution < 1.29 is 19.4 Å². The van der Waals surface area contributed by atoms with Crippen LogP contribution >= 0.6 is 15.9 Å². The molecule has 1 unspecified atom stereocenters. The summed E-state index contributed by atoms with van der Waals surface area (Å²) < 4.78 is 6.07. The Balaban J connectivity index is 2.49. The van der Waals surface area contributed by atoms with Crippen LogP contribution in [0.25, 0.3) is 0 Å². The van der Waals surface area contributed by atoms with Gasteiger partial charge in [0, 0.05) is 4.47 Å². The topological polar surface area (TPSA) is 70.7 Å². The smallest absolute Gasteiger partial charge is 0.371 e. The van der Waals surface area contributed by atoms with Gasteiger partial charge in [-0.25, -0.2) is 4.79 Å². The molecule has 2 aromatic rings. The van der Waals surface area contributed by atoms with Crippen molar-refractivity contribution in [2.75, 3.05) is 0 Å². The molecule has 0 radical (unpaired) electrons. The molecule has 0 fully saturated rings. The zero-order chi connectivity index (χ0) is 14.0. The summed E-state index contributed by atoms with van der Waals surface area (Å²) in [6, 6.07) is 10.1. The van der Waals surface area contributed by atoms with Crippen LogP contribution in [-0.2, 0) is 5.60 Å². The van der Waals surface area contributed by atoms with Gasteiger partial charge in [0.05, 0.1) is 0 Å². The van der Waals surface area contributed by atoms with E-state index in [1.807, 2.05) is 13.0 Å². The fourth-order valence-corrected chi connectivity index (χ4v) is 2.34. The Hall–Kier alpha value is -1.59. The zero-order valence-corrected chi connectivity index (χ0v) is 11.8. The molecule has 19 heavy (non-hydrogen) atoms. The van der Waals surface area contributed by atoms with Gasteiger partial charge in [-0.2, -0.15) is 0 Å². The van der Waals surface area contributed by atoms with Crippen LogP contribution in [0.4, 0.5) is 0 Å². The number of rotatable bonds is 4. The van der Waals surface area contributed by atoms with Crippen LogP contribution in [0.5, 0.6) is 0 Å². The Bertz CT molecular complexity index is 605. The zero-order valence-electron chi connectivity index (χ0n) is 10.3. The van der Waals surface area contributed by atoms with E-state index in [2.05, 4.69) is 15.9 Å². The first-order valence-electron chi connectivity index (χ1n) is 5.79. The molecule has 0 saturated carbocycles. The first kappa shape index (κ1) is 13.8. The number of carboxylic acids is 1. The highest BCUT2D eigenvalue weighted by molar-refractivity contribution is 9.10. The SMILES string of the molecule is CCC(O)(c1cccc(Br)c1)c1ccc(C(=O)O)o1. The largest absolute Gasteiger partial charge is 0.475 e. The van der Waals surface area contributed by atoms with Gasteiger partial charge in [-0.3, -0.25) is 0 Å². The number of furan rings is 1. The second kappa shape index (κ2) is 5.19. The minimum Gasteiger partial charge on any atom is -0.475 e. The van der Waals surface area contributed by atoms with E-state index < -0.39 is 11.6 Å². The maximum Gasteiger partial charge on any atom is 0.371 e. The number of aromatic carboxylic acids is 1. The van der Waals surface area contributed by atoms with E-state index in [-0.39, 0.29) is 11.5 Å². The maximum absolute atomic E-state index is 10.8. The lowest BCUT2D eigenvalue weighted by Crippen LogP contribution is -2.25. The third-order valence-electron chi connectivity index (χ3n) is 3.04. The van der Waals surface area contributed by atoms with Gasteiger partial charge in [-0.1, -0.05) is 35.0 Å². The molecule has 1 aromatic carbocycles. The van der Waals surface area contributed by atoms with Gasteiger partial charge in [-0.05, 0) is 36.2 Å². The third-order valence-corrected chi connectivity index (χ3v) is 3.53. The van der Waals surface area contributed by atoms with E-state index in [4.69, 9.17) is 9.52 Å². The summed E-state index contributed by atoms with van der Waals surface area (Å²) in [5, 5.41) is 19.6. The first-order chi connectivity index (χ1) is 8.97. The number of halogens is 1. The van der Waals surface area contributed by atoms with Crippen molar-refractivity contribution in [1.29, 1.82) is 0 Å². The average molecular weight is 325 g/mol. The van der Waals surface area contributed by atoms with Crippen molar-refractivity contribution in [2.45, 2.75) is 18.9 Å². The summed E-state index contributed by atoms with van der Waals surface area (Å²) in [6.07, 6.45) is 0.371. The normalized spacial score (nSPS) is 14.1. The van der Waals surface area contributed by atoms with Gasteiger partial charge in [0.15, 0.2) is 0 Å². The molecule has 1 aromatic heterocycles. The number of hydrogen-bond acceptors (Lipinski definition) is 3. The minimum absolute atomic E-state index is 0.183. The van der Waals surface area contributed by atoms with Gasteiger partial charge < -0.3 is 14.6 Å². The summed E-state index contributed by atoms with van der Waals surface area (Å²) >= 11 is 3.35. The summed E-state index contributed by atoms with van der Waals surface area (Å²) in [5.41, 5.74) is -0.687. The Morgan fingerprint density at radius 1 is 1.37 bits per heavy atom.